The second kappa shape index (κ2) is 7.65. The van der Waals surface area contributed by atoms with Crippen molar-refractivity contribution in [3.8, 4) is 0 Å². The van der Waals surface area contributed by atoms with Gasteiger partial charge in [-0.15, -0.1) is 0 Å². The predicted molar refractivity (Wildman–Crippen MR) is 77.1 cm³/mol. The molecule has 0 bridgehead atoms. The molecule has 1 aromatic carbocycles. The van der Waals surface area contributed by atoms with Gasteiger partial charge >= 0.3 is 5.97 Å². The summed E-state index contributed by atoms with van der Waals surface area (Å²) >= 11 is 0. The summed E-state index contributed by atoms with van der Waals surface area (Å²) in [4.78, 5) is 23.0. The van der Waals surface area contributed by atoms with Crippen LogP contribution in [0.25, 0.3) is 0 Å². The van der Waals surface area contributed by atoms with Crippen molar-refractivity contribution >= 4 is 11.9 Å². The first-order valence-corrected chi connectivity index (χ1v) is 6.72. The van der Waals surface area contributed by atoms with E-state index in [9.17, 15) is 9.59 Å². The Bertz CT molecular complexity index is 446. The number of amides is 1. The molecule has 0 aliphatic rings. The van der Waals surface area contributed by atoms with Crippen LogP contribution in [0.4, 0.5) is 0 Å². The number of aliphatic carboxylic acids is 1. The molecule has 0 fully saturated rings. The lowest BCUT2D eigenvalue weighted by molar-refractivity contribution is -0.142. The summed E-state index contributed by atoms with van der Waals surface area (Å²) in [7, 11) is 0. The number of carboxylic acid groups (broad SMARTS) is 1. The summed E-state index contributed by atoms with van der Waals surface area (Å²) in [5, 5.41) is 11.6. The van der Waals surface area contributed by atoms with Gasteiger partial charge in [-0.05, 0) is 24.3 Å². The standard InChI is InChI=1S/C15H22N2O3/c1-10(2)8-13(15(19)20)17-14(18)12(16)9-11-6-4-3-5-7-11/h3-7,10,12-13H,8-9,16H2,1-2H3,(H,17,18)(H,19,20)/t12-,13+/m0/s1. The van der Waals surface area contributed by atoms with Crippen LogP contribution in [0.15, 0.2) is 30.3 Å². The van der Waals surface area contributed by atoms with Gasteiger partial charge in [0, 0.05) is 0 Å². The van der Waals surface area contributed by atoms with E-state index in [1.54, 1.807) is 0 Å². The summed E-state index contributed by atoms with van der Waals surface area (Å²) in [6.45, 7) is 3.82. The number of nitrogens with two attached hydrogens (primary N) is 1. The number of carbonyl (C=O) groups excluding carboxylic acids is 1. The van der Waals surface area contributed by atoms with Gasteiger partial charge in [-0.1, -0.05) is 44.2 Å². The minimum Gasteiger partial charge on any atom is -0.480 e. The highest BCUT2D eigenvalue weighted by atomic mass is 16.4. The quantitative estimate of drug-likeness (QED) is 0.698. The first kappa shape index (κ1) is 16.2. The Morgan fingerprint density at radius 2 is 1.85 bits per heavy atom. The molecular formula is C15H22N2O3. The Morgan fingerprint density at radius 1 is 1.25 bits per heavy atom. The van der Waals surface area contributed by atoms with E-state index in [2.05, 4.69) is 5.32 Å². The second-order valence-electron chi connectivity index (χ2n) is 5.33. The van der Waals surface area contributed by atoms with Gasteiger partial charge in [0.15, 0.2) is 0 Å². The van der Waals surface area contributed by atoms with Gasteiger partial charge in [-0.3, -0.25) is 4.79 Å². The molecule has 0 aliphatic heterocycles. The lowest BCUT2D eigenvalue weighted by Gasteiger charge is -2.19. The van der Waals surface area contributed by atoms with Crippen LogP contribution in [0.2, 0.25) is 0 Å². The van der Waals surface area contributed by atoms with Crippen LogP contribution >= 0.6 is 0 Å². The fraction of sp³-hybridized carbons (Fsp3) is 0.467. The SMILES string of the molecule is CC(C)C[C@@H](NC(=O)[C@@H](N)Cc1ccccc1)C(=O)O. The van der Waals surface area contributed by atoms with Gasteiger partial charge in [0.1, 0.15) is 6.04 Å². The van der Waals surface area contributed by atoms with E-state index in [0.29, 0.717) is 12.8 Å². The molecule has 4 N–H and O–H groups in total. The molecule has 5 heteroatoms. The van der Waals surface area contributed by atoms with E-state index in [0.717, 1.165) is 5.56 Å². The molecule has 0 unspecified atom stereocenters. The van der Waals surface area contributed by atoms with Crippen molar-refractivity contribution in [3.63, 3.8) is 0 Å². The van der Waals surface area contributed by atoms with E-state index in [4.69, 9.17) is 10.8 Å². The summed E-state index contributed by atoms with van der Waals surface area (Å²) in [5.74, 6) is -1.28. The maximum absolute atomic E-state index is 11.9. The molecule has 1 rings (SSSR count). The molecule has 0 heterocycles. The first-order chi connectivity index (χ1) is 9.40. The number of benzene rings is 1. The van der Waals surface area contributed by atoms with Crippen LogP contribution in [0.3, 0.4) is 0 Å². The van der Waals surface area contributed by atoms with Crippen LogP contribution in [-0.4, -0.2) is 29.1 Å². The van der Waals surface area contributed by atoms with Gasteiger partial charge in [0.25, 0.3) is 0 Å². The summed E-state index contributed by atoms with van der Waals surface area (Å²) < 4.78 is 0. The van der Waals surface area contributed by atoms with Crippen molar-refractivity contribution < 1.29 is 14.7 Å². The maximum Gasteiger partial charge on any atom is 0.326 e. The van der Waals surface area contributed by atoms with Crippen molar-refractivity contribution in [3.05, 3.63) is 35.9 Å². The Labute approximate surface area is 119 Å². The van der Waals surface area contributed by atoms with Crippen LogP contribution in [0.1, 0.15) is 25.8 Å². The minimum absolute atomic E-state index is 0.182. The number of hydrogen-bond donors (Lipinski definition) is 3. The number of hydrogen-bond acceptors (Lipinski definition) is 3. The van der Waals surface area contributed by atoms with Crippen LogP contribution in [0.5, 0.6) is 0 Å². The monoisotopic (exact) mass is 278 g/mol. The van der Waals surface area contributed by atoms with E-state index >= 15 is 0 Å². The molecule has 5 nitrogen and oxygen atoms in total. The molecule has 0 saturated heterocycles. The molecule has 0 spiro atoms. The van der Waals surface area contributed by atoms with Gasteiger partial charge in [-0.25, -0.2) is 4.79 Å². The fourth-order valence-corrected chi connectivity index (χ4v) is 1.93. The van der Waals surface area contributed by atoms with Crippen molar-refractivity contribution in [1.82, 2.24) is 5.32 Å². The zero-order chi connectivity index (χ0) is 15.1. The topological polar surface area (TPSA) is 92.4 Å². The Morgan fingerprint density at radius 3 is 2.35 bits per heavy atom. The first-order valence-electron chi connectivity index (χ1n) is 6.72. The smallest absolute Gasteiger partial charge is 0.326 e. The van der Waals surface area contributed by atoms with Gasteiger partial charge in [-0.2, -0.15) is 0 Å². The molecule has 0 aromatic heterocycles. The molecule has 2 atom stereocenters. The lowest BCUT2D eigenvalue weighted by Crippen LogP contribution is -2.49. The number of rotatable bonds is 7. The number of carboxylic acids is 1. The average molecular weight is 278 g/mol. The third kappa shape index (κ3) is 5.40. The van der Waals surface area contributed by atoms with Gasteiger partial charge in [0.2, 0.25) is 5.91 Å². The van der Waals surface area contributed by atoms with E-state index < -0.39 is 24.0 Å². The Hall–Kier alpha value is -1.88. The fourth-order valence-electron chi connectivity index (χ4n) is 1.93. The van der Waals surface area contributed by atoms with Gasteiger partial charge < -0.3 is 16.2 Å². The molecule has 1 amide bonds. The molecule has 0 radical (unpaired) electrons. The predicted octanol–water partition coefficient (Wildman–Crippen LogP) is 1.17. The van der Waals surface area contributed by atoms with Crippen molar-refractivity contribution in [2.45, 2.75) is 38.8 Å². The third-order valence-electron chi connectivity index (χ3n) is 2.96. The van der Waals surface area contributed by atoms with Gasteiger partial charge in [0.05, 0.1) is 6.04 Å². The Kier molecular flexibility index (Phi) is 6.18. The molecule has 110 valence electrons. The highest BCUT2D eigenvalue weighted by Gasteiger charge is 2.24. The van der Waals surface area contributed by atoms with E-state index in [-0.39, 0.29) is 5.92 Å². The van der Waals surface area contributed by atoms with Crippen LogP contribution in [0, 0.1) is 5.92 Å². The van der Waals surface area contributed by atoms with Crippen molar-refractivity contribution in [2.24, 2.45) is 11.7 Å². The third-order valence-corrected chi connectivity index (χ3v) is 2.96. The molecular weight excluding hydrogens is 256 g/mol. The Balaban J connectivity index is 2.57. The zero-order valence-electron chi connectivity index (χ0n) is 11.9. The number of carbonyl (C=O) groups is 2. The molecule has 20 heavy (non-hydrogen) atoms. The normalized spacial score (nSPS) is 13.8. The van der Waals surface area contributed by atoms with Crippen molar-refractivity contribution in [1.29, 1.82) is 0 Å². The second-order valence-corrected chi connectivity index (χ2v) is 5.33. The van der Waals surface area contributed by atoms with Crippen molar-refractivity contribution in [2.75, 3.05) is 0 Å². The highest BCUT2D eigenvalue weighted by molar-refractivity contribution is 5.86. The number of nitrogens with one attached hydrogen (secondary N) is 1. The molecule has 0 aliphatic carbocycles. The minimum atomic E-state index is -1.03. The largest absolute Gasteiger partial charge is 0.480 e. The summed E-state index contributed by atoms with van der Waals surface area (Å²) in [5.41, 5.74) is 6.77. The lowest BCUT2D eigenvalue weighted by atomic mass is 10.0. The maximum atomic E-state index is 11.9. The van der Waals surface area contributed by atoms with E-state index in [1.807, 2.05) is 44.2 Å². The summed E-state index contributed by atoms with van der Waals surface area (Å²) in [6, 6.07) is 7.78. The molecule has 1 aromatic rings. The van der Waals surface area contributed by atoms with Crippen LogP contribution < -0.4 is 11.1 Å². The highest BCUT2D eigenvalue weighted by Crippen LogP contribution is 2.06. The van der Waals surface area contributed by atoms with E-state index in [1.165, 1.54) is 0 Å². The average Bonchev–Trinajstić information content (AvgIpc) is 2.38. The molecule has 0 saturated carbocycles. The van der Waals surface area contributed by atoms with Crippen LogP contribution in [-0.2, 0) is 16.0 Å². The zero-order valence-corrected chi connectivity index (χ0v) is 11.9. The summed E-state index contributed by atoms with van der Waals surface area (Å²) in [6.07, 6.45) is 0.778.